The fourth-order valence-electron chi connectivity index (χ4n) is 3.63. The van der Waals surface area contributed by atoms with Crippen molar-refractivity contribution < 1.29 is 32.8 Å². The van der Waals surface area contributed by atoms with Crippen LogP contribution in [0.4, 0.5) is 19.1 Å². The Morgan fingerprint density at radius 1 is 1.27 bits per heavy atom. The van der Waals surface area contributed by atoms with E-state index in [2.05, 4.69) is 9.97 Å². The van der Waals surface area contributed by atoms with Gasteiger partial charge in [0.25, 0.3) is 5.91 Å². The second-order valence-electron chi connectivity index (χ2n) is 7.91. The number of hydrazine groups is 1. The van der Waals surface area contributed by atoms with Crippen LogP contribution in [-0.2, 0) is 15.8 Å². The number of carbonyl (C=O) groups is 3. The molecule has 33 heavy (non-hydrogen) atoms. The molecule has 2 rings (SSSR count). The molecule has 1 aromatic rings. The van der Waals surface area contributed by atoms with Crippen molar-refractivity contribution >= 4 is 24.2 Å². The lowest BCUT2D eigenvalue weighted by atomic mass is 10.00. The molecule has 0 bridgehead atoms. The van der Waals surface area contributed by atoms with Crippen molar-refractivity contribution in [1.82, 2.24) is 19.9 Å². The Balaban J connectivity index is 2.32. The maximum atomic E-state index is 13.7. The standard InChI is InChI=1S/C20H29F3N6O4/c1-2-3-5-8-14(12-28(33)13-30)17(31)29(24)19-25-11-15(16(26-19)20(21,22)23)18(32)27-9-6-4-7-10-27/h11,13-14,33H,2-10,12,24H2,1H3. The average Bonchev–Trinajstić information content (AvgIpc) is 2.81. The summed E-state index contributed by atoms with van der Waals surface area (Å²) in [6.07, 6.45) is 0.557. The fourth-order valence-corrected chi connectivity index (χ4v) is 3.63. The average molecular weight is 474 g/mol. The predicted octanol–water partition coefficient (Wildman–Crippen LogP) is 2.37. The predicted molar refractivity (Wildman–Crippen MR) is 111 cm³/mol. The molecule has 0 spiro atoms. The van der Waals surface area contributed by atoms with Crippen molar-refractivity contribution in [2.24, 2.45) is 11.8 Å². The summed E-state index contributed by atoms with van der Waals surface area (Å²) in [6.45, 7) is 2.23. The van der Waals surface area contributed by atoms with Crippen LogP contribution >= 0.6 is 0 Å². The van der Waals surface area contributed by atoms with Crippen molar-refractivity contribution in [3.63, 3.8) is 0 Å². The summed E-state index contributed by atoms with van der Waals surface area (Å²) in [5.74, 6) is 2.33. The largest absolute Gasteiger partial charge is 0.434 e. The van der Waals surface area contributed by atoms with Gasteiger partial charge in [-0.2, -0.15) is 13.2 Å². The number of hydrogen-bond donors (Lipinski definition) is 2. The molecule has 1 atom stereocenters. The number of aromatic nitrogens is 2. The molecule has 10 nitrogen and oxygen atoms in total. The van der Waals surface area contributed by atoms with Gasteiger partial charge in [-0.25, -0.2) is 25.9 Å². The van der Waals surface area contributed by atoms with Crippen LogP contribution in [0.5, 0.6) is 0 Å². The second-order valence-corrected chi connectivity index (χ2v) is 7.91. The van der Waals surface area contributed by atoms with E-state index in [4.69, 9.17) is 5.84 Å². The van der Waals surface area contributed by atoms with Gasteiger partial charge in [-0.15, -0.1) is 0 Å². The van der Waals surface area contributed by atoms with Crippen LogP contribution in [0.25, 0.3) is 0 Å². The van der Waals surface area contributed by atoms with Crippen molar-refractivity contribution in [3.05, 3.63) is 17.5 Å². The zero-order chi connectivity index (χ0) is 24.6. The van der Waals surface area contributed by atoms with E-state index in [0.717, 1.165) is 25.5 Å². The molecule has 1 unspecified atom stereocenters. The maximum absolute atomic E-state index is 13.7. The van der Waals surface area contributed by atoms with Gasteiger partial charge < -0.3 is 4.90 Å². The highest BCUT2D eigenvalue weighted by atomic mass is 19.4. The Labute approximate surface area is 189 Å². The summed E-state index contributed by atoms with van der Waals surface area (Å²) < 4.78 is 41.2. The van der Waals surface area contributed by atoms with Crippen LogP contribution in [-0.4, -0.2) is 63.0 Å². The zero-order valence-electron chi connectivity index (χ0n) is 18.4. The number of nitrogens with zero attached hydrogens (tertiary/aromatic N) is 5. The molecule has 2 heterocycles. The second kappa shape index (κ2) is 11.9. The third kappa shape index (κ3) is 7.09. The summed E-state index contributed by atoms with van der Waals surface area (Å²) in [7, 11) is 0. The van der Waals surface area contributed by atoms with E-state index in [1.165, 1.54) is 4.90 Å². The molecule has 3 N–H and O–H groups in total. The van der Waals surface area contributed by atoms with Crippen LogP contribution in [0.1, 0.15) is 67.9 Å². The summed E-state index contributed by atoms with van der Waals surface area (Å²) in [6, 6.07) is 0. The summed E-state index contributed by atoms with van der Waals surface area (Å²) >= 11 is 0. The third-order valence-electron chi connectivity index (χ3n) is 5.41. The Kier molecular flexibility index (Phi) is 9.53. The van der Waals surface area contributed by atoms with Gasteiger partial charge in [0.1, 0.15) is 0 Å². The minimum Gasteiger partial charge on any atom is -0.339 e. The number of hydrogen-bond acceptors (Lipinski definition) is 7. The van der Waals surface area contributed by atoms with E-state index < -0.39 is 47.7 Å². The first-order chi connectivity index (χ1) is 15.6. The molecular formula is C20H29F3N6O4. The first-order valence-corrected chi connectivity index (χ1v) is 10.8. The monoisotopic (exact) mass is 474 g/mol. The van der Waals surface area contributed by atoms with Crippen LogP contribution in [0.3, 0.4) is 0 Å². The Hall–Kier alpha value is -2.80. The topological polar surface area (TPSA) is 133 Å². The van der Waals surface area contributed by atoms with E-state index in [-0.39, 0.29) is 17.9 Å². The number of likely N-dealkylation sites (tertiary alicyclic amines) is 1. The number of unbranched alkanes of at least 4 members (excludes halogenated alkanes) is 2. The molecule has 1 aliphatic heterocycles. The van der Waals surface area contributed by atoms with Crippen LogP contribution in [0.2, 0.25) is 0 Å². The molecule has 0 saturated carbocycles. The number of amides is 3. The highest BCUT2D eigenvalue weighted by Gasteiger charge is 2.40. The lowest BCUT2D eigenvalue weighted by Crippen LogP contribution is -2.46. The number of alkyl halides is 3. The maximum Gasteiger partial charge on any atom is 0.434 e. The van der Waals surface area contributed by atoms with Crippen molar-refractivity contribution in [2.45, 2.75) is 58.0 Å². The molecule has 3 amide bonds. The van der Waals surface area contributed by atoms with Crippen molar-refractivity contribution in [2.75, 3.05) is 24.6 Å². The van der Waals surface area contributed by atoms with Crippen LogP contribution in [0.15, 0.2) is 6.20 Å². The van der Waals surface area contributed by atoms with E-state index >= 15 is 0 Å². The molecular weight excluding hydrogens is 445 g/mol. The number of hydroxylamine groups is 2. The van der Waals surface area contributed by atoms with E-state index in [9.17, 15) is 32.8 Å². The number of piperidine rings is 1. The van der Waals surface area contributed by atoms with Gasteiger partial charge in [-0.3, -0.25) is 19.6 Å². The Morgan fingerprint density at radius 2 is 1.94 bits per heavy atom. The van der Waals surface area contributed by atoms with Gasteiger partial charge in [0.2, 0.25) is 18.3 Å². The van der Waals surface area contributed by atoms with Gasteiger partial charge in [-0.1, -0.05) is 26.2 Å². The molecule has 1 aromatic heterocycles. The molecule has 1 fully saturated rings. The third-order valence-corrected chi connectivity index (χ3v) is 5.41. The first kappa shape index (κ1) is 26.5. The normalized spacial score (nSPS) is 15.2. The van der Waals surface area contributed by atoms with Crippen molar-refractivity contribution in [1.29, 1.82) is 0 Å². The Bertz CT molecular complexity index is 833. The lowest BCUT2D eigenvalue weighted by Gasteiger charge is -2.28. The summed E-state index contributed by atoms with van der Waals surface area (Å²) in [5, 5.41) is 10.1. The number of rotatable bonds is 10. The molecule has 0 aromatic carbocycles. The molecule has 13 heteroatoms. The SMILES string of the molecule is CCCCCC(CN(O)C=O)C(=O)N(N)c1ncc(C(=O)N2CCCCC2)c(C(F)(F)F)n1. The fraction of sp³-hybridized carbons (Fsp3) is 0.650. The first-order valence-electron chi connectivity index (χ1n) is 10.8. The summed E-state index contributed by atoms with van der Waals surface area (Å²) in [5.41, 5.74) is -2.19. The number of nitrogens with two attached hydrogens (primary N) is 1. The number of halogens is 3. The molecule has 184 valence electrons. The highest BCUT2D eigenvalue weighted by Crippen LogP contribution is 2.32. The van der Waals surface area contributed by atoms with E-state index in [0.29, 0.717) is 37.4 Å². The quantitative estimate of drug-likeness (QED) is 0.133. The minimum atomic E-state index is -4.98. The van der Waals surface area contributed by atoms with Crippen molar-refractivity contribution in [3.8, 4) is 0 Å². The minimum absolute atomic E-state index is 0.111. The zero-order valence-corrected chi connectivity index (χ0v) is 18.4. The van der Waals surface area contributed by atoms with Gasteiger partial charge in [-0.05, 0) is 25.7 Å². The molecule has 0 aliphatic carbocycles. The summed E-state index contributed by atoms with van der Waals surface area (Å²) in [4.78, 5) is 44.7. The smallest absolute Gasteiger partial charge is 0.339 e. The number of anilines is 1. The van der Waals surface area contributed by atoms with Gasteiger partial charge in [0, 0.05) is 19.3 Å². The molecule has 1 saturated heterocycles. The highest BCUT2D eigenvalue weighted by molar-refractivity contribution is 5.96. The van der Waals surface area contributed by atoms with Gasteiger partial charge >= 0.3 is 6.18 Å². The number of carbonyl (C=O) groups excluding carboxylic acids is 3. The van der Waals surface area contributed by atoms with E-state index in [1.54, 1.807) is 0 Å². The van der Waals surface area contributed by atoms with Gasteiger partial charge in [0.15, 0.2) is 5.69 Å². The van der Waals surface area contributed by atoms with E-state index in [1.807, 2.05) is 6.92 Å². The lowest BCUT2D eigenvalue weighted by molar-refractivity contribution is -0.154. The van der Waals surface area contributed by atoms with Crippen LogP contribution in [0, 0.1) is 5.92 Å². The van der Waals surface area contributed by atoms with Gasteiger partial charge in [0.05, 0.1) is 18.0 Å². The molecule has 1 aliphatic rings. The molecule has 0 radical (unpaired) electrons. The van der Waals surface area contributed by atoms with Crippen LogP contribution < -0.4 is 10.9 Å². The Morgan fingerprint density at radius 3 is 2.52 bits per heavy atom.